The van der Waals surface area contributed by atoms with E-state index in [1.165, 1.54) is 31.7 Å². The van der Waals surface area contributed by atoms with Crippen LogP contribution in [0.3, 0.4) is 0 Å². The van der Waals surface area contributed by atoms with E-state index in [2.05, 4.69) is 25.7 Å². The molecule has 0 bridgehead atoms. The molecular formula is C22H33FN2O. The second-order valence-corrected chi connectivity index (χ2v) is 9.33. The Labute approximate surface area is 157 Å². The number of carbonyl (C=O) groups excluding carboxylic acids is 1. The third kappa shape index (κ3) is 3.66. The Balaban J connectivity index is 1.66. The van der Waals surface area contributed by atoms with Gasteiger partial charge < -0.3 is 10.6 Å². The van der Waals surface area contributed by atoms with Crippen molar-refractivity contribution >= 4 is 5.91 Å². The molecule has 3 nitrogen and oxygen atoms in total. The summed E-state index contributed by atoms with van der Waals surface area (Å²) in [6.07, 6.45) is 6.24. The summed E-state index contributed by atoms with van der Waals surface area (Å²) < 4.78 is 14.4. The SMILES string of the molecule is CC(C)(C)C1CCC(N2CCC(C(N)=O)(c3ccccc3F)CC2)CC1. The van der Waals surface area contributed by atoms with E-state index in [4.69, 9.17) is 5.73 Å². The number of carbonyl (C=O) groups is 1. The molecule has 0 unspecified atom stereocenters. The second-order valence-electron chi connectivity index (χ2n) is 9.33. The van der Waals surface area contributed by atoms with Crippen molar-refractivity contribution in [3.63, 3.8) is 0 Å². The van der Waals surface area contributed by atoms with E-state index in [1.54, 1.807) is 18.2 Å². The third-order valence-electron chi connectivity index (χ3n) is 6.95. The van der Waals surface area contributed by atoms with E-state index in [1.807, 2.05) is 0 Å². The summed E-state index contributed by atoms with van der Waals surface area (Å²) in [7, 11) is 0. The number of benzene rings is 1. The molecule has 0 spiro atoms. The Hall–Kier alpha value is -1.42. The van der Waals surface area contributed by atoms with Gasteiger partial charge in [-0.05, 0) is 69.0 Å². The first kappa shape index (κ1) is 19.3. The Morgan fingerprint density at radius 1 is 1.12 bits per heavy atom. The largest absolute Gasteiger partial charge is 0.369 e. The number of likely N-dealkylation sites (tertiary alicyclic amines) is 1. The average Bonchev–Trinajstić information content (AvgIpc) is 2.61. The zero-order chi connectivity index (χ0) is 18.9. The predicted molar refractivity (Wildman–Crippen MR) is 103 cm³/mol. The predicted octanol–water partition coefficient (Wildman–Crippen LogP) is 4.25. The quantitative estimate of drug-likeness (QED) is 0.876. The van der Waals surface area contributed by atoms with Gasteiger partial charge in [0.15, 0.2) is 0 Å². The highest BCUT2D eigenvalue weighted by Gasteiger charge is 2.44. The monoisotopic (exact) mass is 360 g/mol. The fraction of sp³-hybridized carbons (Fsp3) is 0.682. The third-order valence-corrected chi connectivity index (χ3v) is 6.95. The van der Waals surface area contributed by atoms with Crippen LogP contribution in [0.15, 0.2) is 24.3 Å². The number of nitrogens with two attached hydrogens (primary N) is 1. The van der Waals surface area contributed by atoms with E-state index in [-0.39, 0.29) is 5.82 Å². The molecule has 4 heteroatoms. The molecule has 0 radical (unpaired) electrons. The van der Waals surface area contributed by atoms with Gasteiger partial charge in [-0.3, -0.25) is 4.79 Å². The lowest BCUT2D eigenvalue weighted by atomic mass is 9.69. The summed E-state index contributed by atoms with van der Waals surface area (Å²) >= 11 is 0. The summed E-state index contributed by atoms with van der Waals surface area (Å²) in [5.41, 5.74) is 5.78. The molecule has 3 rings (SSSR count). The number of rotatable bonds is 3. The lowest BCUT2D eigenvalue weighted by molar-refractivity contribution is -0.125. The Bertz CT molecular complexity index is 636. The van der Waals surface area contributed by atoms with E-state index in [0.717, 1.165) is 19.0 Å². The lowest BCUT2D eigenvalue weighted by Gasteiger charge is -2.46. The Kier molecular flexibility index (Phi) is 5.43. The number of hydrogen-bond donors (Lipinski definition) is 1. The van der Waals surface area contributed by atoms with Crippen LogP contribution in [0.2, 0.25) is 0 Å². The number of hydrogen-bond acceptors (Lipinski definition) is 2. The van der Waals surface area contributed by atoms with Crippen LogP contribution in [-0.4, -0.2) is 29.9 Å². The first-order chi connectivity index (χ1) is 12.2. The van der Waals surface area contributed by atoms with Crippen molar-refractivity contribution in [1.82, 2.24) is 4.90 Å². The molecule has 1 saturated heterocycles. The fourth-order valence-electron chi connectivity index (χ4n) is 5.08. The maximum atomic E-state index is 14.4. The van der Waals surface area contributed by atoms with E-state index >= 15 is 0 Å². The van der Waals surface area contributed by atoms with Gasteiger partial charge in [0.1, 0.15) is 5.82 Å². The molecule has 1 aromatic carbocycles. The van der Waals surface area contributed by atoms with Crippen LogP contribution in [0.1, 0.15) is 64.9 Å². The van der Waals surface area contributed by atoms with Gasteiger partial charge in [-0.15, -0.1) is 0 Å². The smallest absolute Gasteiger partial charge is 0.228 e. The van der Waals surface area contributed by atoms with Crippen molar-refractivity contribution in [2.24, 2.45) is 17.1 Å². The molecule has 2 fully saturated rings. The number of amides is 1. The van der Waals surface area contributed by atoms with Gasteiger partial charge in [-0.1, -0.05) is 39.0 Å². The topological polar surface area (TPSA) is 46.3 Å². The first-order valence-corrected chi connectivity index (χ1v) is 10.0. The minimum absolute atomic E-state index is 0.314. The molecule has 1 amide bonds. The highest BCUT2D eigenvalue weighted by Crippen LogP contribution is 2.42. The highest BCUT2D eigenvalue weighted by molar-refractivity contribution is 5.87. The van der Waals surface area contributed by atoms with Gasteiger partial charge in [0.05, 0.1) is 5.41 Å². The fourth-order valence-corrected chi connectivity index (χ4v) is 5.08. The molecule has 1 saturated carbocycles. The standard InChI is InChI=1S/C22H33FN2O/c1-21(2,3)16-8-10-17(11-9-16)25-14-12-22(13-15-25,20(24)26)18-6-4-5-7-19(18)23/h4-7,16-17H,8-15H2,1-3H3,(H2,24,26). The van der Waals surface area contributed by atoms with Gasteiger partial charge in [-0.25, -0.2) is 4.39 Å². The molecule has 1 aliphatic heterocycles. The molecule has 26 heavy (non-hydrogen) atoms. The summed E-state index contributed by atoms with van der Waals surface area (Å²) in [4.78, 5) is 14.8. The van der Waals surface area contributed by atoms with Crippen molar-refractivity contribution in [1.29, 1.82) is 0 Å². The number of nitrogens with zero attached hydrogens (tertiary/aromatic N) is 1. The molecule has 1 heterocycles. The molecule has 2 N–H and O–H groups in total. The van der Waals surface area contributed by atoms with Gasteiger partial charge in [-0.2, -0.15) is 0 Å². The normalized spacial score (nSPS) is 27.2. The van der Waals surface area contributed by atoms with Crippen LogP contribution in [0, 0.1) is 17.2 Å². The van der Waals surface area contributed by atoms with E-state index in [0.29, 0.717) is 29.9 Å². The van der Waals surface area contributed by atoms with Gasteiger partial charge in [0, 0.05) is 11.6 Å². The van der Waals surface area contributed by atoms with Crippen LogP contribution >= 0.6 is 0 Å². The summed E-state index contributed by atoms with van der Waals surface area (Å²) in [5.74, 6) is 0.0933. The van der Waals surface area contributed by atoms with Gasteiger partial charge in [0.25, 0.3) is 0 Å². The van der Waals surface area contributed by atoms with Crippen molar-refractivity contribution in [3.05, 3.63) is 35.6 Å². The van der Waals surface area contributed by atoms with E-state index in [9.17, 15) is 9.18 Å². The molecule has 0 atom stereocenters. The number of primary amides is 1. The van der Waals surface area contributed by atoms with Crippen molar-refractivity contribution in [3.8, 4) is 0 Å². The minimum atomic E-state index is -0.857. The lowest BCUT2D eigenvalue weighted by Crippen LogP contribution is -2.53. The van der Waals surface area contributed by atoms with Crippen molar-refractivity contribution < 1.29 is 9.18 Å². The minimum Gasteiger partial charge on any atom is -0.369 e. The van der Waals surface area contributed by atoms with Crippen LogP contribution in [0.25, 0.3) is 0 Å². The Morgan fingerprint density at radius 2 is 1.69 bits per heavy atom. The maximum absolute atomic E-state index is 14.4. The zero-order valence-electron chi connectivity index (χ0n) is 16.4. The van der Waals surface area contributed by atoms with Crippen molar-refractivity contribution in [2.75, 3.05) is 13.1 Å². The van der Waals surface area contributed by atoms with E-state index < -0.39 is 11.3 Å². The molecule has 1 aromatic rings. The van der Waals surface area contributed by atoms with Crippen LogP contribution in [0.4, 0.5) is 4.39 Å². The van der Waals surface area contributed by atoms with Crippen molar-refractivity contribution in [2.45, 2.75) is 70.8 Å². The molecule has 2 aliphatic rings. The van der Waals surface area contributed by atoms with Crippen LogP contribution < -0.4 is 5.73 Å². The molecule has 144 valence electrons. The van der Waals surface area contributed by atoms with Crippen LogP contribution in [-0.2, 0) is 10.2 Å². The molecule has 0 aromatic heterocycles. The summed E-state index contributed by atoms with van der Waals surface area (Å²) in [6, 6.07) is 7.21. The summed E-state index contributed by atoms with van der Waals surface area (Å²) in [5, 5.41) is 0. The second kappa shape index (κ2) is 7.30. The summed E-state index contributed by atoms with van der Waals surface area (Å²) in [6.45, 7) is 8.67. The Morgan fingerprint density at radius 3 is 2.19 bits per heavy atom. The highest BCUT2D eigenvalue weighted by atomic mass is 19.1. The number of piperidine rings is 1. The number of halogens is 1. The first-order valence-electron chi connectivity index (χ1n) is 10.0. The van der Waals surface area contributed by atoms with Gasteiger partial charge >= 0.3 is 0 Å². The molecule has 1 aliphatic carbocycles. The van der Waals surface area contributed by atoms with Crippen LogP contribution in [0.5, 0.6) is 0 Å². The maximum Gasteiger partial charge on any atom is 0.228 e. The van der Waals surface area contributed by atoms with Gasteiger partial charge in [0.2, 0.25) is 5.91 Å². The average molecular weight is 361 g/mol. The zero-order valence-corrected chi connectivity index (χ0v) is 16.4. The molecular weight excluding hydrogens is 327 g/mol.